The Kier molecular flexibility index (Phi) is 16.1. The zero-order chi connectivity index (χ0) is 56.7. The zero-order valence-corrected chi connectivity index (χ0v) is 57.8. The predicted octanol–water partition coefficient (Wildman–Crippen LogP) is 19.7. The first-order chi connectivity index (χ1) is 41.7. The fraction of sp³-hybridized carbons (Fsp3) is 1.00. The van der Waals surface area contributed by atoms with Gasteiger partial charge in [0.15, 0.2) is 6.71 Å². The largest absolute Gasteiger partial charge is 0.293 e. The maximum atomic E-state index is 3.52. The van der Waals surface area contributed by atoms with Crippen molar-refractivity contribution in [3.63, 3.8) is 0 Å². The van der Waals surface area contributed by atoms with Crippen molar-refractivity contribution in [2.24, 2.45) is 107 Å². The quantitative estimate of drug-likeness (QED) is 0.244. The summed E-state index contributed by atoms with van der Waals surface area (Å²) in [5, 5.41) is 5.88. The Morgan fingerprint density at radius 3 is 0.765 bits per heavy atom. The summed E-state index contributed by atoms with van der Waals surface area (Å²) in [6, 6.07) is 7.97. The molecule has 0 aromatic rings. The van der Waals surface area contributed by atoms with E-state index in [0.29, 0.717) is 0 Å². The summed E-state index contributed by atoms with van der Waals surface area (Å²) >= 11 is 7.87. The second kappa shape index (κ2) is 23.4. The Morgan fingerprint density at radius 2 is 0.482 bits per heavy atom. The van der Waals surface area contributed by atoms with Gasteiger partial charge in [-0.2, -0.15) is 35.3 Å². The Labute approximate surface area is 535 Å². The molecule has 30 unspecified atom stereocenters. The molecule has 3 nitrogen and oxygen atoms in total. The Balaban J connectivity index is 0.667. The molecule has 6 saturated heterocycles. The van der Waals surface area contributed by atoms with Gasteiger partial charge < -0.3 is 0 Å². The molecule has 0 aromatic carbocycles. The molecule has 30 atom stereocenters. The van der Waals surface area contributed by atoms with Crippen molar-refractivity contribution in [1.29, 1.82) is 0 Å². The summed E-state index contributed by atoms with van der Waals surface area (Å²) in [4.78, 5) is 10.6. The number of thioether (sulfide) groups is 3. The highest BCUT2D eigenvalue weighted by atomic mass is 32.2. The van der Waals surface area contributed by atoms with Crippen LogP contribution in [0.1, 0.15) is 273 Å². The monoisotopic (exact) mass is 1210 g/mol. The van der Waals surface area contributed by atoms with E-state index >= 15 is 0 Å². The molecule has 18 fully saturated rings. The number of hydrogen-bond acceptors (Lipinski definition) is 6. The molecule has 7 heteroatoms. The van der Waals surface area contributed by atoms with Crippen molar-refractivity contribution in [1.82, 2.24) is 14.7 Å². The third-order valence-corrected chi connectivity index (χ3v) is 39.2. The van der Waals surface area contributed by atoms with Gasteiger partial charge in [-0.15, -0.1) is 0 Å². The lowest BCUT2D eigenvalue weighted by Gasteiger charge is -2.58. The van der Waals surface area contributed by atoms with Crippen molar-refractivity contribution in [3.8, 4) is 0 Å². The summed E-state index contributed by atoms with van der Waals surface area (Å²) in [5.74, 6) is 20.2. The van der Waals surface area contributed by atoms with Crippen LogP contribution in [-0.2, 0) is 0 Å². The fourth-order valence-electron chi connectivity index (χ4n) is 31.6. The Hall–Kier alpha value is 0.995. The average molecular weight is 1210 g/mol. The van der Waals surface area contributed by atoms with E-state index in [2.05, 4.69) is 91.5 Å². The van der Waals surface area contributed by atoms with E-state index in [0.717, 1.165) is 217 Å². The number of likely N-dealkylation sites (tertiary alicyclic amines) is 3. The van der Waals surface area contributed by atoms with Crippen LogP contribution in [0, 0.1) is 107 Å². The van der Waals surface area contributed by atoms with Crippen LogP contribution >= 0.6 is 35.3 Å². The van der Waals surface area contributed by atoms with Gasteiger partial charge in [0.25, 0.3) is 0 Å². The van der Waals surface area contributed by atoms with E-state index in [-0.39, 0.29) is 0 Å². The van der Waals surface area contributed by atoms with Crippen LogP contribution in [0.5, 0.6) is 0 Å². The van der Waals surface area contributed by atoms with Gasteiger partial charge in [0.1, 0.15) is 0 Å². The number of nitrogens with zero attached hydrogens (tertiary/aromatic N) is 3. The van der Waals surface area contributed by atoms with Crippen molar-refractivity contribution in [2.45, 2.75) is 376 Å². The summed E-state index contributed by atoms with van der Waals surface area (Å²) in [6.45, 7) is 18.6. The maximum Gasteiger partial charge on any atom is 0.151 e. The molecule has 0 spiro atoms. The van der Waals surface area contributed by atoms with E-state index in [1.165, 1.54) is 135 Å². The molecule has 6 aliphatic heterocycles. The Bertz CT molecular complexity index is 2080. The zero-order valence-electron chi connectivity index (χ0n) is 55.4. The van der Waals surface area contributed by atoms with Crippen molar-refractivity contribution in [2.75, 3.05) is 0 Å². The molecular weight excluding hydrogens is 1090 g/mol. The molecule has 6 heterocycles. The molecule has 18 rings (SSSR count). The van der Waals surface area contributed by atoms with Gasteiger partial charge in [-0.25, -0.2) is 0 Å². The predicted molar refractivity (Wildman–Crippen MR) is 365 cm³/mol. The summed E-state index contributed by atoms with van der Waals surface area (Å²) < 4.78 is 0. The lowest BCUT2D eigenvalue weighted by atomic mass is 9.18. The minimum Gasteiger partial charge on any atom is -0.293 e. The van der Waals surface area contributed by atoms with E-state index in [1.54, 1.807) is 96.3 Å². The maximum absolute atomic E-state index is 3.52. The number of hydrogen-bond donors (Lipinski definition) is 0. The van der Waals surface area contributed by atoms with Gasteiger partial charge in [0.2, 0.25) is 0 Å². The highest BCUT2D eigenvalue weighted by molar-refractivity contribution is 8.01. The molecule has 0 radical (unpaired) electrons. The Morgan fingerprint density at radius 1 is 0.247 bits per heavy atom. The van der Waals surface area contributed by atoms with Crippen LogP contribution in [0.4, 0.5) is 0 Å². The van der Waals surface area contributed by atoms with Gasteiger partial charge >= 0.3 is 0 Å². The smallest absolute Gasteiger partial charge is 0.151 e. The third kappa shape index (κ3) is 9.37. The van der Waals surface area contributed by atoms with Gasteiger partial charge in [-0.3, -0.25) is 14.7 Å². The van der Waals surface area contributed by atoms with Crippen LogP contribution in [-0.4, -0.2) is 107 Å². The molecule has 12 saturated carbocycles. The van der Waals surface area contributed by atoms with Gasteiger partial charge in [0, 0.05) is 85.9 Å². The first kappa shape index (κ1) is 58.6. The van der Waals surface area contributed by atoms with Crippen molar-refractivity contribution in [3.05, 3.63) is 0 Å². The second-order valence-corrected chi connectivity index (χ2v) is 41.2. The molecule has 474 valence electrons. The number of fused-ring (bicyclic) bond motifs is 21. The molecule has 12 aliphatic carbocycles. The number of rotatable bonds is 6. The van der Waals surface area contributed by atoms with Crippen molar-refractivity contribution >= 4 is 42.0 Å². The van der Waals surface area contributed by atoms with Gasteiger partial charge in [0.05, 0.1) is 0 Å². The minimum atomic E-state index is 0.840. The topological polar surface area (TPSA) is 9.72 Å². The molecule has 85 heavy (non-hydrogen) atoms. The van der Waals surface area contributed by atoms with E-state index in [4.69, 9.17) is 0 Å². The molecular formula is C78H126BN3S3. The molecule has 18 aliphatic rings. The van der Waals surface area contributed by atoms with E-state index in [9.17, 15) is 0 Å². The lowest BCUT2D eigenvalue weighted by Crippen LogP contribution is -2.59. The summed E-state index contributed by atoms with van der Waals surface area (Å²) in [5.41, 5.74) is 0. The lowest BCUT2D eigenvalue weighted by molar-refractivity contribution is 0.0214. The molecule has 0 N–H and O–H groups in total. The van der Waals surface area contributed by atoms with E-state index in [1.807, 2.05) is 0 Å². The standard InChI is InChI=1S/C78H126BN3S3/c1-43-37-49(80-64-25-13-7-19-52(64)58-31-34-61-55-22-10-16-28-67(55)83-76(61)73(58)80)38-44(2)70(43)79(71-45(3)39-50(40-46(71)4)81-65-26-14-8-20-53(65)59-32-35-62-56-23-11-17-29-68(56)84-77(62)74(59)81)72-47(5)41-51(42-48(72)6)82-66-27-15-9-21-54(66)60-33-36-63-57-24-12-18-30-69(57)85-78(63)75(60)82/h43-78H,7-42H2,1-6H3. The summed E-state index contributed by atoms with van der Waals surface area (Å²) in [7, 11) is 0. The minimum absolute atomic E-state index is 0.840. The van der Waals surface area contributed by atoms with Crippen LogP contribution in [0.2, 0.25) is 17.5 Å². The van der Waals surface area contributed by atoms with Crippen molar-refractivity contribution < 1.29 is 0 Å². The molecule has 0 bridgehead atoms. The molecule has 0 amide bonds. The third-order valence-electron chi connectivity index (χ3n) is 33.6. The molecule has 0 aromatic heterocycles. The van der Waals surface area contributed by atoms with Crippen LogP contribution < -0.4 is 0 Å². The first-order valence-corrected chi connectivity index (χ1v) is 42.8. The fourth-order valence-corrected chi connectivity index (χ4v) is 38.5. The second-order valence-electron chi connectivity index (χ2n) is 36.9. The highest BCUT2D eigenvalue weighted by Gasteiger charge is 2.67. The first-order valence-electron chi connectivity index (χ1n) is 39.9. The summed E-state index contributed by atoms with van der Waals surface area (Å²) in [6.07, 6.45) is 55.8. The van der Waals surface area contributed by atoms with Gasteiger partial charge in [-0.1, -0.05) is 136 Å². The van der Waals surface area contributed by atoms with Crippen LogP contribution in [0.15, 0.2) is 0 Å². The van der Waals surface area contributed by atoms with Crippen LogP contribution in [0.3, 0.4) is 0 Å². The van der Waals surface area contributed by atoms with E-state index < -0.39 is 0 Å². The van der Waals surface area contributed by atoms with Crippen LogP contribution in [0.25, 0.3) is 0 Å². The normalized spacial score (nSPS) is 59.1. The average Bonchev–Trinajstić information content (AvgIpc) is 1.75. The SMILES string of the molecule is CC1CC(N2C3CCCCC3C3CCC4C5CCCCC5SC4C32)CC(C)C1B(C1C(C)CC(N2C3CCCCC3C3CCC4C5CCCCC5SC4C32)CC1C)C1C(C)CC(N2C3CCCCC3C3CCC4C5CCCCC5SC4C32)CC1C. The highest BCUT2D eigenvalue weighted by Crippen LogP contribution is 2.68. The van der Waals surface area contributed by atoms with Gasteiger partial charge in [-0.05, 0) is 261 Å².